The fraction of sp³-hybridized carbons (Fsp3) is 0.312. The molecule has 2 amide bonds. The van der Waals surface area contributed by atoms with Gasteiger partial charge in [-0.2, -0.15) is 0 Å². The van der Waals surface area contributed by atoms with Crippen LogP contribution in [0.2, 0.25) is 0 Å². The number of rotatable bonds is 6. The Kier molecular flexibility index (Phi) is 6.05. The van der Waals surface area contributed by atoms with Crippen LogP contribution in [0.15, 0.2) is 17.0 Å². The molecule has 0 bridgehead atoms. The Morgan fingerprint density at radius 2 is 2.11 bits per heavy atom. The van der Waals surface area contributed by atoms with Crippen molar-refractivity contribution in [3.05, 3.63) is 32.7 Å². The van der Waals surface area contributed by atoms with E-state index in [0.717, 1.165) is 23.1 Å². The SMILES string of the molecule is CCOC(=O)[C@H](C)N1C(=O)S/C(=C/c2cc([N+](=O)[O-])cc(OC)c2O)C1=O. The Morgan fingerprint density at radius 3 is 2.67 bits per heavy atom. The molecule has 1 N–H and O–H groups in total. The van der Waals surface area contributed by atoms with Gasteiger partial charge in [0, 0.05) is 11.6 Å². The molecule has 1 atom stereocenters. The summed E-state index contributed by atoms with van der Waals surface area (Å²) >= 11 is 0.546. The number of methoxy groups -OCH3 is 1. The maximum Gasteiger partial charge on any atom is 0.329 e. The van der Waals surface area contributed by atoms with Gasteiger partial charge in [0.05, 0.1) is 29.6 Å². The molecular formula is C16H16N2O8S. The molecule has 2 rings (SSSR count). The van der Waals surface area contributed by atoms with E-state index in [2.05, 4.69) is 0 Å². The molecule has 1 aliphatic heterocycles. The molecule has 11 heteroatoms. The van der Waals surface area contributed by atoms with Gasteiger partial charge in [0.15, 0.2) is 11.5 Å². The second-order valence-electron chi connectivity index (χ2n) is 5.32. The predicted octanol–water partition coefficient (Wildman–Crippen LogP) is 2.30. The number of non-ortho nitro benzene ring substituents is 1. The lowest BCUT2D eigenvalue weighted by Crippen LogP contribution is -2.42. The van der Waals surface area contributed by atoms with Gasteiger partial charge < -0.3 is 14.6 Å². The predicted molar refractivity (Wildman–Crippen MR) is 95.2 cm³/mol. The smallest absolute Gasteiger partial charge is 0.329 e. The Balaban J connectivity index is 2.42. The molecule has 27 heavy (non-hydrogen) atoms. The summed E-state index contributed by atoms with van der Waals surface area (Å²) in [5.74, 6) is -2.08. The standard InChI is InChI=1S/C16H16N2O8S/c1-4-26-15(21)8(2)17-14(20)12(27-16(17)22)6-9-5-10(18(23)24)7-11(25-3)13(9)19/h5-8,19H,4H2,1-3H3/b12-6+/t8-/m0/s1. The van der Waals surface area contributed by atoms with Crippen LogP contribution in [0.5, 0.6) is 11.5 Å². The van der Waals surface area contributed by atoms with E-state index in [1.54, 1.807) is 6.92 Å². The number of carbonyl (C=O) groups is 3. The summed E-state index contributed by atoms with van der Waals surface area (Å²) in [5.41, 5.74) is -0.439. The van der Waals surface area contributed by atoms with Gasteiger partial charge in [-0.25, -0.2) is 4.79 Å². The molecule has 0 aromatic heterocycles. The summed E-state index contributed by atoms with van der Waals surface area (Å²) in [6.45, 7) is 3.04. The maximum absolute atomic E-state index is 12.5. The van der Waals surface area contributed by atoms with Crippen molar-refractivity contribution in [2.75, 3.05) is 13.7 Å². The van der Waals surface area contributed by atoms with Crippen molar-refractivity contribution in [2.45, 2.75) is 19.9 Å². The van der Waals surface area contributed by atoms with Gasteiger partial charge in [-0.3, -0.25) is 24.6 Å². The molecule has 1 aromatic carbocycles. The van der Waals surface area contributed by atoms with Gasteiger partial charge in [-0.15, -0.1) is 0 Å². The Morgan fingerprint density at radius 1 is 1.44 bits per heavy atom. The number of aromatic hydroxyl groups is 1. The highest BCUT2D eigenvalue weighted by molar-refractivity contribution is 8.18. The monoisotopic (exact) mass is 396 g/mol. The van der Waals surface area contributed by atoms with E-state index in [1.807, 2.05) is 0 Å². The van der Waals surface area contributed by atoms with Gasteiger partial charge >= 0.3 is 5.97 Å². The number of hydrogen-bond donors (Lipinski definition) is 1. The third kappa shape index (κ3) is 4.03. The molecule has 144 valence electrons. The number of imide groups is 1. The number of hydrogen-bond acceptors (Lipinski definition) is 9. The lowest BCUT2D eigenvalue weighted by Gasteiger charge is -2.19. The first kappa shape index (κ1) is 20.2. The van der Waals surface area contributed by atoms with Crippen LogP contribution in [0.25, 0.3) is 6.08 Å². The molecule has 1 saturated heterocycles. The number of carbonyl (C=O) groups excluding carboxylic acids is 3. The topological polar surface area (TPSA) is 136 Å². The summed E-state index contributed by atoms with van der Waals surface area (Å²) in [6, 6.07) is 0.943. The van der Waals surface area contributed by atoms with Crippen molar-refractivity contribution in [3.63, 3.8) is 0 Å². The quantitative estimate of drug-likeness (QED) is 0.332. The number of benzene rings is 1. The lowest BCUT2D eigenvalue weighted by molar-refractivity contribution is -0.385. The number of nitro benzene ring substituents is 1. The van der Waals surface area contributed by atoms with Crippen LogP contribution in [0.4, 0.5) is 10.5 Å². The van der Waals surface area contributed by atoms with E-state index in [0.29, 0.717) is 11.8 Å². The van der Waals surface area contributed by atoms with E-state index in [4.69, 9.17) is 9.47 Å². The summed E-state index contributed by atoms with van der Waals surface area (Å²) in [5, 5.41) is 20.5. The number of esters is 1. The van der Waals surface area contributed by atoms with Crippen LogP contribution in [-0.4, -0.2) is 51.8 Å². The van der Waals surface area contributed by atoms with Gasteiger partial charge in [-0.1, -0.05) is 0 Å². The highest BCUT2D eigenvalue weighted by atomic mass is 32.2. The van der Waals surface area contributed by atoms with Crippen molar-refractivity contribution >= 4 is 40.6 Å². The van der Waals surface area contributed by atoms with E-state index in [1.165, 1.54) is 14.0 Å². The fourth-order valence-electron chi connectivity index (χ4n) is 2.31. The number of phenolic OH excluding ortho intramolecular Hbond substituents is 1. The molecule has 10 nitrogen and oxygen atoms in total. The van der Waals surface area contributed by atoms with Gasteiger partial charge in [-0.05, 0) is 31.7 Å². The second-order valence-corrected chi connectivity index (χ2v) is 6.32. The van der Waals surface area contributed by atoms with Crippen molar-refractivity contribution in [2.24, 2.45) is 0 Å². The molecule has 0 unspecified atom stereocenters. The lowest BCUT2D eigenvalue weighted by atomic mass is 10.1. The number of nitro groups is 1. The summed E-state index contributed by atoms with van der Waals surface area (Å²) in [6.07, 6.45) is 1.13. The minimum atomic E-state index is -1.13. The molecule has 1 fully saturated rings. The van der Waals surface area contributed by atoms with Crippen LogP contribution >= 0.6 is 11.8 Å². The van der Waals surface area contributed by atoms with Crippen LogP contribution in [0.3, 0.4) is 0 Å². The van der Waals surface area contributed by atoms with Crippen molar-refractivity contribution < 1.29 is 33.9 Å². The Hall–Kier alpha value is -3.08. The number of thioether (sulfide) groups is 1. The molecule has 0 radical (unpaired) electrons. The first-order valence-corrected chi connectivity index (χ1v) is 8.52. The van der Waals surface area contributed by atoms with E-state index in [-0.39, 0.29) is 28.5 Å². The molecule has 1 aliphatic rings. The average molecular weight is 396 g/mol. The molecule has 0 saturated carbocycles. The fourth-order valence-corrected chi connectivity index (χ4v) is 3.21. The highest BCUT2D eigenvalue weighted by Gasteiger charge is 2.41. The van der Waals surface area contributed by atoms with Crippen LogP contribution in [-0.2, 0) is 14.3 Å². The maximum atomic E-state index is 12.5. The van der Waals surface area contributed by atoms with E-state index in [9.17, 15) is 29.6 Å². The van der Waals surface area contributed by atoms with Gasteiger partial charge in [0.25, 0.3) is 16.8 Å². The minimum absolute atomic E-state index is 0.0738. The second kappa shape index (κ2) is 8.08. The zero-order valence-corrected chi connectivity index (χ0v) is 15.4. The summed E-state index contributed by atoms with van der Waals surface area (Å²) < 4.78 is 9.71. The van der Waals surface area contributed by atoms with Crippen molar-refractivity contribution in [1.29, 1.82) is 0 Å². The third-order valence-corrected chi connectivity index (χ3v) is 4.53. The molecule has 1 aromatic rings. The van der Waals surface area contributed by atoms with Crippen molar-refractivity contribution in [3.8, 4) is 11.5 Å². The number of phenols is 1. The van der Waals surface area contributed by atoms with Crippen LogP contribution in [0, 0.1) is 10.1 Å². The number of amides is 2. The van der Waals surface area contributed by atoms with E-state index >= 15 is 0 Å². The Labute approximate surface area is 157 Å². The summed E-state index contributed by atoms with van der Waals surface area (Å²) in [7, 11) is 1.22. The molecule has 1 heterocycles. The first-order chi connectivity index (χ1) is 12.7. The highest BCUT2D eigenvalue weighted by Crippen LogP contribution is 2.39. The van der Waals surface area contributed by atoms with Gasteiger partial charge in [0.1, 0.15) is 6.04 Å². The van der Waals surface area contributed by atoms with E-state index < -0.39 is 33.8 Å². The zero-order valence-electron chi connectivity index (χ0n) is 14.6. The number of ether oxygens (including phenoxy) is 2. The Bertz CT molecular complexity index is 851. The molecular weight excluding hydrogens is 380 g/mol. The number of nitrogens with zero attached hydrogens (tertiary/aromatic N) is 2. The first-order valence-electron chi connectivity index (χ1n) is 7.70. The average Bonchev–Trinajstić information content (AvgIpc) is 2.89. The van der Waals surface area contributed by atoms with Crippen molar-refractivity contribution in [1.82, 2.24) is 4.90 Å². The third-order valence-electron chi connectivity index (χ3n) is 3.65. The normalized spacial score (nSPS) is 16.6. The van der Waals surface area contributed by atoms with Crippen LogP contribution in [0.1, 0.15) is 19.4 Å². The molecule has 0 aliphatic carbocycles. The largest absolute Gasteiger partial charge is 0.504 e. The molecule has 0 spiro atoms. The van der Waals surface area contributed by atoms with Gasteiger partial charge in [0.2, 0.25) is 0 Å². The van der Waals surface area contributed by atoms with Crippen LogP contribution < -0.4 is 4.74 Å². The minimum Gasteiger partial charge on any atom is -0.504 e. The zero-order chi connectivity index (χ0) is 20.3. The summed E-state index contributed by atoms with van der Waals surface area (Å²) in [4.78, 5) is 47.4.